The Labute approximate surface area is 171 Å². The number of carbonyl (C=O) groups excluding carboxylic acids is 2. The highest BCUT2D eigenvalue weighted by Crippen LogP contribution is 2.34. The van der Waals surface area contributed by atoms with E-state index in [0.29, 0.717) is 28.0 Å². The van der Waals surface area contributed by atoms with E-state index in [4.69, 9.17) is 9.47 Å². The van der Waals surface area contributed by atoms with Gasteiger partial charge < -0.3 is 14.8 Å². The minimum atomic E-state index is -0.517. The Bertz CT molecular complexity index is 1060. The quantitative estimate of drug-likeness (QED) is 0.668. The van der Waals surface area contributed by atoms with Crippen LogP contribution in [0.15, 0.2) is 47.8 Å². The van der Waals surface area contributed by atoms with Crippen LogP contribution in [0.25, 0.3) is 11.3 Å². The maximum Gasteiger partial charge on any atom is 0.265 e. The van der Waals surface area contributed by atoms with Crippen LogP contribution in [0.1, 0.15) is 12.5 Å². The lowest BCUT2D eigenvalue weighted by Crippen LogP contribution is -2.34. The van der Waals surface area contributed by atoms with E-state index >= 15 is 0 Å². The van der Waals surface area contributed by atoms with Crippen LogP contribution >= 0.6 is 11.3 Å². The van der Waals surface area contributed by atoms with Gasteiger partial charge >= 0.3 is 0 Å². The Morgan fingerprint density at radius 2 is 2.07 bits per heavy atom. The van der Waals surface area contributed by atoms with Crippen molar-refractivity contribution in [2.24, 2.45) is 0 Å². The van der Waals surface area contributed by atoms with Gasteiger partial charge in [-0.1, -0.05) is 17.7 Å². The van der Waals surface area contributed by atoms with E-state index in [1.807, 2.05) is 42.6 Å². The first-order chi connectivity index (χ1) is 14.0. The summed E-state index contributed by atoms with van der Waals surface area (Å²) in [6.07, 6.45) is -0.517. The second-order valence-corrected chi connectivity index (χ2v) is 7.51. The van der Waals surface area contributed by atoms with Gasteiger partial charge in [-0.3, -0.25) is 14.9 Å². The van der Waals surface area contributed by atoms with Gasteiger partial charge in [-0.05, 0) is 44.2 Å². The predicted molar refractivity (Wildman–Crippen MR) is 112 cm³/mol. The molecule has 0 aliphatic carbocycles. The number of anilines is 2. The summed E-state index contributed by atoms with van der Waals surface area (Å²) in [7, 11) is 0. The van der Waals surface area contributed by atoms with Gasteiger partial charge in [0.05, 0.1) is 11.4 Å². The van der Waals surface area contributed by atoms with Crippen molar-refractivity contribution in [3.05, 3.63) is 53.4 Å². The maximum absolute atomic E-state index is 12.1. The molecule has 0 saturated carbocycles. The number of benzene rings is 2. The Morgan fingerprint density at radius 1 is 1.28 bits per heavy atom. The van der Waals surface area contributed by atoms with E-state index in [0.717, 1.165) is 11.1 Å². The van der Waals surface area contributed by atoms with E-state index in [1.54, 1.807) is 19.1 Å². The number of fused-ring (bicyclic) bond motifs is 1. The second-order valence-electron chi connectivity index (χ2n) is 6.65. The fourth-order valence-electron chi connectivity index (χ4n) is 2.77. The van der Waals surface area contributed by atoms with Crippen molar-refractivity contribution in [1.82, 2.24) is 4.98 Å². The number of amides is 2. The largest absolute Gasteiger partial charge is 0.484 e. The molecule has 0 fully saturated rings. The molecule has 1 atom stereocenters. The fourth-order valence-corrected chi connectivity index (χ4v) is 3.51. The van der Waals surface area contributed by atoms with Gasteiger partial charge in [0.15, 0.2) is 17.8 Å². The van der Waals surface area contributed by atoms with Crippen LogP contribution < -0.4 is 20.1 Å². The molecule has 3 aromatic rings. The van der Waals surface area contributed by atoms with E-state index < -0.39 is 6.10 Å². The van der Waals surface area contributed by atoms with Crippen molar-refractivity contribution in [2.75, 3.05) is 17.2 Å². The number of nitrogens with zero attached hydrogens (tertiary/aromatic N) is 1. The summed E-state index contributed by atoms with van der Waals surface area (Å²) >= 11 is 1.32. The molecular formula is C21H19N3O4S. The molecule has 0 radical (unpaired) electrons. The van der Waals surface area contributed by atoms with Gasteiger partial charge in [-0.25, -0.2) is 4.98 Å². The molecule has 2 amide bonds. The molecule has 2 heterocycles. The van der Waals surface area contributed by atoms with Crippen molar-refractivity contribution >= 4 is 34.0 Å². The smallest absolute Gasteiger partial charge is 0.265 e. The van der Waals surface area contributed by atoms with Gasteiger partial charge in [-0.2, -0.15) is 0 Å². The fraction of sp³-hybridized carbons (Fsp3) is 0.190. The Balaban J connectivity index is 1.39. The van der Waals surface area contributed by atoms with Crippen LogP contribution in [0, 0.1) is 6.92 Å². The number of nitrogens with one attached hydrogen (secondary N) is 2. The first-order valence-electron chi connectivity index (χ1n) is 9.05. The highest BCUT2D eigenvalue weighted by Gasteiger charge is 2.24. The molecule has 1 aromatic heterocycles. The topological polar surface area (TPSA) is 89.5 Å². The minimum Gasteiger partial charge on any atom is -0.484 e. The van der Waals surface area contributed by atoms with E-state index in [2.05, 4.69) is 15.6 Å². The molecule has 8 heteroatoms. The molecule has 0 saturated heterocycles. The average Bonchev–Trinajstić information content (AvgIpc) is 3.16. The van der Waals surface area contributed by atoms with E-state index in [1.165, 1.54) is 11.3 Å². The average molecular weight is 409 g/mol. The molecule has 0 spiro atoms. The van der Waals surface area contributed by atoms with Crippen LogP contribution in [0.5, 0.6) is 11.5 Å². The van der Waals surface area contributed by atoms with Crippen molar-refractivity contribution in [3.63, 3.8) is 0 Å². The summed E-state index contributed by atoms with van der Waals surface area (Å²) in [5, 5.41) is 7.87. The third-order valence-corrected chi connectivity index (χ3v) is 5.11. The molecule has 148 valence electrons. The molecule has 2 N–H and O–H groups in total. The van der Waals surface area contributed by atoms with Crippen LogP contribution in [0.2, 0.25) is 0 Å². The third-order valence-electron chi connectivity index (χ3n) is 4.35. The normalized spacial score (nSPS) is 15.1. The Kier molecular flexibility index (Phi) is 5.18. The van der Waals surface area contributed by atoms with Crippen LogP contribution in [-0.2, 0) is 9.59 Å². The van der Waals surface area contributed by atoms with Gasteiger partial charge in [0, 0.05) is 10.9 Å². The highest BCUT2D eigenvalue weighted by atomic mass is 32.1. The van der Waals surface area contributed by atoms with Crippen LogP contribution in [-0.4, -0.2) is 29.5 Å². The van der Waals surface area contributed by atoms with Crippen LogP contribution in [0.3, 0.4) is 0 Å². The van der Waals surface area contributed by atoms with Crippen molar-refractivity contribution in [1.29, 1.82) is 0 Å². The van der Waals surface area contributed by atoms with Gasteiger partial charge in [0.1, 0.15) is 11.5 Å². The summed E-state index contributed by atoms with van der Waals surface area (Å²) < 4.78 is 11.0. The van der Waals surface area contributed by atoms with Gasteiger partial charge in [0.2, 0.25) is 0 Å². The number of carbonyl (C=O) groups is 2. The predicted octanol–water partition coefficient (Wildman–Crippen LogP) is 3.86. The lowest BCUT2D eigenvalue weighted by molar-refractivity contribution is -0.122. The van der Waals surface area contributed by atoms with Crippen molar-refractivity contribution < 1.29 is 19.1 Å². The molecule has 1 unspecified atom stereocenters. The molecule has 1 aliphatic rings. The standard InChI is InChI=1S/C21H19N3O4S/c1-12-3-6-15(7-4-12)27-10-19(25)24-21-23-17(11-29-21)14-5-8-18-16(9-14)22-20(26)13(2)28-18/h3-9,11,13H,10H2,1-2H3,(H,22,26)(H,23,24,25). The van der Waals surface area contributed by atoms with Crippen molar-refractivity contribution in [2.45, 2.75) is 20.0 Å². The molecule has 7 nitrogen and oxygen atoms in total. The second kappa shape index (κ2) is 7.92. The molecule has 0 bridgehead atoms. The highest BCUT2D eigenvalue weighted by molar-refractivity contribution is 7.14. The SMILES string of the molecule is Cc1ccc(OCC(=O)Nc2nc(-c3ccc4c(c3)NC(=O)C(C)O4)cs2)cc1. The number of thiazole rings is 1. The zero-order chi connectivity index (χ0) is 20.4. The Hall–Kier alpha value is -3.39. The molecule has 2 aromatic carbocycles. The number of ether oxygens (including phenoxy) is 2. The molecule has 4 rings (SSSR count). The third kappa shape index (κ3) is 4.38. The maximum atomic E-state index is 12.1. The first kappa shape index (κ1) is 18.9. The molecule has 1 aliphatic heterocycles. The molecule has 29 heavy (non-hydrogen) atoms. The van der Waals surface area contributed by atoms with Crippen molar-refractivity contribution in [3.8, 4) is 22.8 Å². The van der Waals surface area contributed by atoms with E-state index in [-0.39, 0.29) is 18.4 Å². The first-order valence-corrected chi connectivity index (χ1v) is 9.93. The summed E-state index contributed by atoms with van der Waals surface area (Å²) in [6, 6.07) is 13.0. The molecular weight excluding hydrogens is 390 g/mol. The number of hydrogen-bond donors (Lipinski definition) is 2. The number of aromatic nitrogens is 1. The summed E-state index contributed by atoms with van der Waals surface area (Å²) in [5.41, 5.74) is 3.24. The lowest BCUT2D eigenvalue weighted by Gasteiger charge is -2.23. The zero-order valence-electron chi connectivity index (χ0n) is 15.9. The number of rotatable bonds is 5. The zero-order valence-corrected chi connectivity index (χ0v) is 16.7. The lowest BCUT2D eigenvalue weighted by atomic mass is 10.1. The van der Waals surface area contributed by atoms with Gasteiger partial charge in [-0.15, -0.1) is 11.3 Å². The summed E-state index contributed by atoms with van der Waals surface area (Å²) in [5.74, 6) is 0.789. The minimum absolute atomic E-state index is 0.0988. The van der Waals surface area contributed by atoms with E-state index in [9.17, 15) is 9.59 Å². The number of hydrogen-bond acceptors (Lipinski definition) is 6. The van der Waals surface area contributed by atoms with Crippen LogP contribution in [0.4, 0.5) is 10.8 Å². The monoisotopic (exact) mass is 409 g/mol. The summed E-state index contributed by atoms with van der Waals surface area (Å²) in [4.78, 5) is 28.4. The number of aryl methyl sites for hydroxylation is 1. The summed E-state index contributed by atoms with van der Waals surface area (Å²) in [6.45, 7) is 3.59. The van der Waals surface area contributed by atoms with Gasteiger partial charge in [0.25, 0.3) is 11.8 Å². The Morgan fingerprint density at radius 3 is 2.86 bits per heavy atom.